The lowest BCUT2D eigenvalue weighted by Gasteiger charge is -2.21. The lowest BCUT2D eigenvalue weighted by atomic mass is 9.96. The summed E-state index contributed by atoms with van der Waals surface area (Å²) in [5.74, 6) is 0.306. The number of nitrogens with zero attached hydrogens (tertiary/aromatic N) is 5. The third-order valence-corrected chi connectivity index (χ3v) is 5.35. The van der Waals surface area contributed by atoms with Gasteiger partial charge < -0.3 is 14.6 Å². The molecule has 30 heavy (non-hydrogen) atoms. The number of hydrogen-bond donors (Lipinski definition) is 1. The molecular formula is C22H26N6O2. The Morgan fingerprint density at radius 2 is 1.83 bits per heavy atom. The highest BCUT2D eigenvalue weighted by Crippen LogP contribution is 2.26. The summed E-state index contributed by atoms with van der Waals surface area (Å²) in [4.78, 5) is 22.8. The van der Waals surface area contributed by atoms with Crippen LogP contribution in [0.4, 0.5) is 6.01 Å². The highest BCUT2D eigenvalue weighted by atomic mass is 16.4. The molecule has 0 unspecified atom stereocenters. The van der Waals surface area contributed by atoms with Gasteiger partial charge in [0.1, 0.15) is 5.69 Å². The second-order valence-corrected chi connectivity index (χ2v) is 7.86. The van der Waals surface area contributed by atoms with Gasteiger partial charge in [-0.15, -0.1) is 5.10 Å². The van der Waals surface area contributed by atoms with Gasteiger partial charge in [0, 0.05) is 31.3 Å². The summed E-state index contributed by atoms with van der Waals surface area (Å²) in [5, 5.41) is 11.7. The van der Waals surface area contributed by atoms with Crippen LogP contribution in [-0.2, 0) is 0 Å². The molecule has 3 aromatic rings. The quantitative estimate of drug-likeness (QED) is 0.685. The lowest BCUT2D eigenvalue weighted by Crippen LogP contribution is -2.22. The van der Waals surface area contributed by atoms with E-state index >= 15 is 0 Å². The van der Waals surface area contributed by atoms with E-state index in [9.17, 15) is 4.79 Å². The van der Waals surface area contributed by atoms with E-state index in [2.05, 4.69) is 20.5 Å². The molecule has 0 bridgehead atoms. The van der Waals surface area contributed by atoms with Crippen LogP contribution in [0.1, 0.15) is 48.2 Å². The molecule has 1 aliphatic rings. The first kappa shape index (κ1) is 20.0. The van der Waals surface area contributed by atoms with E-state index in [1.54, 1.807) is 37.3 Å². The molecule has 1 aromatic carbocycles. The Balaban J connectivity index is 1.56. The van der Waals surface area contributed by atoms with Crippen LogP contribution in [0.25, 0.3) is 22.8 Å². The van der Waals surface area contributed by atoms with Crippen LogP contribution in [-0.4, -0.2) is 51.1 Å². The molecule has 1 N–H and O–H groups in total. The maximum atomic E-state index is 12.1. The van der Waals surface area contributed by atoms with Crippen molar-refractivity contribution in [3.05, 3.63) is 41.7 Å². The SMILES string of the molecule is Cc1ncc(-c2ccc(C(=O)N(C)C)cc2)nc1-c1nnc(NC2CCCCC2)o1. The molecule has 1 fully saturated rings. The van der Waals surface area contributed by atoms with E-state index in [-0.39, 0.29) is 5.91 Å². The molecule has 156 valence electrons. The Hall–Kier alpha value is -3.29. The van der Waals surface area contributed by atoms with Crippen LogP contribution in [0.2, 0.25) is 0 Å². The molecular weight excluding hydrogens is 380 g/mol. The van der Waals surface area contributed by atoms with Crippen molar-refractivity contribution >= 4 is 11.9 Å². The number of nitrogens with one attached hydrogen (secondary N) is 1. The van der Waals surface area contributed by atoms with E-state index in [0.29, 0.717) is 40.6 Å². The molecule has 0 saturated heterocycles. The van der Waals surface area contributed by atoms with Crippen molar-refractivity contribution in [3.8, 4) is 22.8 Å². The Kier molecular flexibility index (Phi) is 5.74. The average Bonchev–Trinajstić information content (AvgIpc) is 3.22. The topological polar surface area (TPSA) is 97.0 Å². The highest BCUT2D eigenvalue weighted by molar-refractivity contribution is 5.94. The maximum absolute atomic E-state index is 12.1. The number of carbonyl (C=O) groups is 1. The van der Waals surface area contributed by atoms with Crippen molar-refractivity contribution in [1.29, 1.82) is 0 Å². The van der Waals surface area contributed by atoms with E-state index in [1.807, 2.05) is 19.1 Å². The van der Waals surface area contributed by atoms with Gasteiger partial charge in [0.05, 0.1) is 17.6 Å². The van der Waals surface area contributed by atoms with Crippen LogP contribution in [0.15, 0.2) is 34.9 Å². The third kappa shape index (κ3) is 4.32. The molecule has 8 nitrogen and oxygen atoms in total. The van der Waals surface area contributed by atoms with Crippen molar-refractivity contribution in [1.82, 2.24) is 25.1 Å². The summed E-state index contributed by atoms with van der Waals surface area (Å²) < 4.78 is 5.84. The number of hydrogen-bond acceptors (Lipinski definition) is 7. The molecule has 1 aliphatic carbocycles. The molecule has 2 aromatic heterocycles. The summed E-state index contributed by atoms with van der Waals surface area (Å²) in [6.45, 7) is 1.86. The number of carbonyl (C=O) groups excluding carboxylic acids is 1. The van der Waals surface area contributed by atoms with Gasteiger partial charge in [-0.05, 0) is 31.9 Å². The van der Waals surface area contributed by atoms with Crippen LogP contribution in [0, 0.1) is 6.92 Å². The standard InChI is InChI=1S/C22H26N6O2/c1-14-19(20-26-27-22(30-20)24-17-7-5-4-6-8-17)25-18(13-23-14)15-9-11-16(12-10-15)21(29)28(2)3/h9-13,17H,4-8H2,1-3H3,(H,24,27). The van der Waals surface area contributed by atoms with Gasteiger partial charge in [0.2, 0.25) is 0 Å². The number of amides is 1. The molecule has 8 heteroatoms. The first-order valence-electron chi connectivity index (χ1n) is 10.3. The molecule has 4 rings (SSSR count). The monoisotopic (exact) mass is 406 g/mol. The van der Waals surface area contributed by atoms with Crippen molar-refractivity contribution in [2.45, 2.75) is 45.1 Å². The van der Waals surface area contributed by atoms with E-state index < -0.39 is 0 Å². The zero-order valence-corrected chi connectivity index (χ0v) is 17.6. The Morgan fingerprint density at radius 3 is 2.53 bits per heavy atom. The molecule has 0 aliphatic heterocycles. The summed E-state index contributed by atoms with van der Waals surface area (Å²) in [5.41, 5.74) is 3.44. The molecule has 1 saturated carbocycles. The van der Waals surface area contributed by atoms with Crippen LogP contribution in [0.3, 0.4) is 0 Å². The second kappa shape index (κ2) is 8.61. The minimum Gasteiger partial charge on any atom is -0.402 e. The number of aryl methyl sites for hydroxylation is 1. The zero-order valence-electron chi connectivity index (χ0n) is 17.6. The van der Waals surface area contributed by atoms with Gasteiger partial charge >= 0.3 is 6.01 Å². The number of rotatable bonds is 5. The van der Waals surface area contributed by atoms with Crippen molar-refractivity contribution in [2.75, 3.05) is 19.4 Å². The molecule has 0 radical (unpaired) electrons. The first-order valence-corrected chi connectivity index (χ1v) is 10.3. The molecule has 0 spiro atoms. The zero-order chi connectivity index (χ0) is 21.1. The number of benzene rings is 1. The van der Waals surface area contributed by atoms with E-state index in [1.165, 1.54) is 19.3 Å². The summed E-state index contributed by atoms with van der Waals surface area (Å²) in [6, 6.07) is 8.12. The first-order chi connectivity index (χ1) is 14.5. The van der Waals surface area contributed by atoms with Gasteiger partial charge in [0.15, 0.2) is 0 Å². The van der Waals surface area contributed by atoms with E-state index in [4.69, 9.17) is 9.40 Å². The Bertz CT molecular complexity index is 1020. The molecule has 1 amide bonds. The fourth-order valence-corrected chi connectivity index (χ4v) is 3.63. The van der Waals surface area contributed by atoms with Gasteiger partial charge in [-0.2, -0.15) is 0 Å². The van der Waals surface area contributed by atoms with Crippen molar-refractivity contribution < 1.29 is 9.21 Å². The summed E-state index contributed by atoms with van der Waals surface area (Å²) in [7, 11) is 3.46. The van der Waals surface area contributed by atoms with E-state index in [0.717, 1.165) is 18.4 Å². The summed E-state index contributed by atoms with van der Waals surface area (Å²) >= 11 is 0. The van der Waals surface area contributed by atoms with Gasteiger partial charge in [-0.1, -0.05) is 36.5 Å². The van der Waals surface area contributed by atoms with Gasteiger partial charge in [-0.25, -0.2) is 4.98 Å². The minimum absolute atomic E-state index is 0.0407. The highest BCUT2D eigenvalue weighted by Gasteiger charge is 2.19. The Labute approximate surface area is 175 Å². The largest absolute Gasteiger partial charge is 0.402 e. The lowest BCUT2D eigenvalue weighted by molar-refractivity contribution is 0.0827. The average molecular weight is 406 g/mol. The van der Waals surface area contributed by atoms with Crippen LogP contribution >= 0.6 is 0 Å². The molecule has 0 atom stereocenters. The molecule has 2 heterocycles. The fourth-order valence-electron chi connectivity index (χ4n) is 3.63. The van der Waals surface area contributed by atoms with Crippen molar-refractivity contribution in [3.63, 3.8) is 0 Å². The Morgan fingerprint density at radius 1 is 1.10 bits per heavy atom. The predicted octanol–water partition coefficient (Wildman–Crippen LogP) is 3.95. The fraction of sp³-hybridized carbons (Fsp3) is 0.409. The summed E-state index contributed by atoms with van der Waals surface area (Å²) in [6.07, 6.45) is 7.70. The maximum Gasteiger partial charge on any atom is 0.316 e. The number of anilines is 1. The normalized spacial score (nSPS) is 14.5. The van der Waals surface area contributed by atoms with Crippen molar-refractivity contribution in [2.24, 2.45) is 0 Å². The number of aromatic nitrogens is 4. The third-order valence-electron chi connectivity index (χ3n) is 5.35. The van der Waals surface area contributed by atoms with Gasteiger partial charge in [0.25, 0.3) is 11.8 Å². The minimum atomic E-state index is -0.0407. The van der Waals surface area contributed by atoms with Gasteiger partial charge in [-0.3, -0.25) is 9.78 Å². The second-order valence-electron chi connectivity index (χ2n) is 7.86. The van der Waals surface area contributed by atoms with Crippen LogP contribution < -0.4 is 5.32 Å². The van der Waals surface area contributed by atoms with Crippen LogP contribution in [0.5, 0.6) is 0 Å². The predicted molar refractivity (Wildman–Crippen MR) is 114 cm³/mol. The smallest absolute Gasteiger partial charge is 0.316 e.